The molecule has 0 unspecified atom stereocenters. The second-order valence-electron chi connectivity index (χ2n) is 7.59. The van der Waals surface area contributed by atoms with E-state index < -0.39 is 0 Å². The van der Waals surface area contributed by atoms with Crippen LogP contribution in [-0.4, -0.2) is 27.8 Å². The predicted octanol–water partition coefficient (Wildman–Crippen LogP) is 4.61. The fourth-order valence-electron chi connectivity index (χ4n) is 3.68. The highest BCUT2D eigenvalue weighted by molar-refractivity contribution is 7.15. The van der Waals surface area contributed by atoms with Gasteiger partial charge in [0.25, 0.3) is 5.56 Å². The molecule has 0 saturated heterocycles. The highest BCUT2D eigenvalue weighted by Gasteiger charge is 2.19. The fraction of sp³-hybridized carbons (Fsp3) is 0.240. The van der Waals surface area contributed by atoms with Crippen LogP contribution in [0, 0.1) is 6.92 Å². The third-order valence-electron chi connectivity index (χ3n) is 5.26. The molecule has 168 valence electrons. The van der Waals surface area contributed by atoms with Crippen molar-refractivity contribution in [2.45, 2.75) is 27.2 Å². The highest BCUT2D eigenvalue weighted by atomic mass is 32.1. The summed E-state index contributed by atoms with van der Waals surface area (Å²) in [5.74, 6) is 2.36. The maximum absolute atomic E-state index is 13.0. The molecule has 0 fully saturated rings. The number of fused-ring (bicyclic) bond motifs is 2. The number of aromatic nitrogens is 3. The molecule has 0 bridgehead atoms. The van der Waals surface area contributed by atoms with Gasteiger partial charge < -0.3 is 13.9 Å². The van der Waals surface area contributed by atoms with Crippen LogP contribution >= 0.6 is 11.3 Å². The average molecular weight is 462 g/mol. The van der Waals surface area contributed by atoms with Gasteiger partial charge in [-0.15, -0.1) is 5.10 Å². The van der Waals surface area contributed by atoms with E-state index in [2.05, 4.69) is 17.0 Å². The van der Waals surface area contributed by atoms with E-state index in [9.17, 15) is 4.79 Å². The van der Waals surface area contributed by atoms with Crippen molar-refractivity contribution in [2.24, 2.45) is 0 Å². The maximum Gasteiger partial charge on any atom is 0.291 e. The van der Waals surface area contributed by atoms with Gasteiger partial charge >= 0.3 is 0 Å². The van der Waals surface area contributed by atoms with Crippen LogP contribution in [0.1, 0.15) is 31.4 Å². The molecule has 3 aromatic heterocycles. The van der Waals surface area contributed by atoms with Gasteiger partial charge in [0.05, 0.1) is 17.7 Å². The van der Waals surface area contributed by atoms with Crippen molar-refractivity contribution in [1.82, 2.24) is 14.6 Å². The molecule has 0 amide bonds. The number of ether oxygens (including phenoxy) is 2. The van der Waals surface area contributed by atoms with Crippen LogP contribution < -0.4 is 19.6 Å². The topological polar surface area (TPSA) is 78.9 Å². The van der Waals surface area contributed by atoms with Crippen LogP contribution in [0.3, 0.4) is 0 Å². The molecule has 2 aromatic carbocycles. The van der Waals surface area contributed by atoms with Gasteiger partial charge in [0.15, 0.2) is 17.3 Å². The zero-order valence-electron chi connectivity index (χ0n) is 18.6. The number of benzene rings is 2. The Bertz CT molecular complexity index is 1560. The van der Waals surface area contributed by atoms with Gasteiger partial charge in [0.1, 0.15) is 5.58 Å². The van der Waals surface area contributed by atoms with Crippen LogP contribution in [0.15, 0.2) is 51.7 Å². The lowest BCUT2D eigenvalue weighted by Crippen LogP contribution is -2.23. The summed E-state index contributed by atoms with van der Waals surface area (Å²) in [6.45, 7) is 7.10. The standard InChI is InChI=1S/C25H23N3O4S/c1-4-12-31-19-11-10-16(13-20(19)30-5-2)14-21-24(29)28-25(33-21)26-23(27-28)22-15(3)17-8-6-7-9-18(17)32-22/h6-11,13-14H,4-5,12H2,1-3H3/b21-14+. The number of para-hydroxylation sites is 1. The monoisotopic (exact) mass is 461 g/mol. The van der Waals surface area contributed by atoms with E-state index >= 15 is 0 Å². The lowest BCUT2D eigenvalue weighted by molar-refractivity contribution is 0.277. The Morgan fingerprint density at radius 1 is 1.12 bits per heavy atom. The van der Waals surface area contributed by atoms with Crippen molar-refractivity contribution in [2.75, 3.05) is 13.2 Å². The molecule has 0 aliphatic heterocycles. The highest BCUT2D eigenvalue weighted by Crippen LogP contribution is 2.31. The van der Waals surface area contributed by atoms with Crippen LogP contribution in [0.2, 0.25) is 0 Å². The quantitative estimate of drug-likeness (QED) is 0.352. The zero-order chi connectivity index (χ0) is 22.9. The van der Waals surface area contributed by atoms with Gasteiger partial charge in [0, 0.05) is 10.9 Å². The van der Waals surface area contributed by atoms with Gasteiger partial charge in [-0.1, -0.05) is 42.5 Å². The Hall–Kier alpha value is -3.65. The van der Waals surface area contributed by atoms with Crippen molar-refractivity contribution in [3.8, 4) is 23.1 Å². The number of aryl methyl sites for hydroxylation is 1. The molecule has 0 N–H and O–H groups in total. The molecule has 33 heavy (non-hydrogen) atoms. The Kier molecular flexibility index (Phi) is 5.60. The van der Waals surface area contributed by atoms with Crippen molar-refractivity contribution >= 4 is 33.3 Å². The summed E-state index contributed by atoms with van der Waals surface area (Å²) >= 11 is 1.29. The molecular weight excluding hydrogens is 438 g/mol. The Morgan fingerprint density at radius 3 is 2.73 bits per heavy atom. The van der Waals surface area contributed by atoms with E-state index in [0.717, 1.165) is 28.5 Å². The van der Waals surface area contributed by atoms with Gasteiger partial charge in [0.2, 0.25) is 10.8 Å². The summed E-state index contributed by atoms with van der Waals surface area (Å²) in [6, 6.07) is 13.5. The lowest BCUT2D eigenvalue weighted by Gasteiger charge is -2.11. The number of hydrogen-bond donors (Lipinski definition) is 0. The SMILES string of the molecule is CCCOc1ccc(/C=c2/sc3nc(-c4oc5ccccc5c4C)nn3c2=O)cc1OCC. The minimum atomic E-state index is -0.216. The molecule has 5 aromatic rings. The Labute approximate surface area is 193 Å². The molecule has 0 atom stereocenters. The van der Waals surface area contributed by atoms with Crippen molar-refractivity contribution in [3.63, 3.8) is 0 Å². The van der Waals surface area contributed by atoms with E-state index in [1.54, 1.807) is 0 Å². The third kappa shape index (κ3) is 3.87. The zero-order valence-corrected chi connectivity index (χ0v) is 19.4. The molecule has 3 heterocycles. The van der Waals surface area contributed by atoms with Gasteiger partial charge in [-0.2, -0.15) is 9.50 Å². The first-order chi connectivity index (χ1) is 16.1. The normalized spacial score (nSPS) is 12.2. The second kappa shape index (κ2) is 8.71. The maximum atomic E-state index is 13.0. The van der Waals surface area contributed by atoms with E-state index in [0.29, 0.717) is 45.8 Å². The molecule has 0 spiro atoms. The Balaban J connectivity index is 1.53. The Morgan fingerprint density at radius 2 is 1.97 bits per heavy atom. The van der Waals surface area contributed by atoms with Crippen molar-refractivity contribution < 1.29 is 13.9 Å². The minimum Gasteiger partial charge on any atom is -0.490 e. The molecule has 0 saturated carbocycles. The van der Waals surface area contributed by atoms with Crippen molar-refractivity contribution in [1.29, 1.82) is 0 Å². The first-order valence-electron chi connectivity index (χ1n) is 10.9. The summed E-state index contributed by atoms with van der Waals surface area (Å²) in [6.07, 6.45) is 2.73. The van der Waals surface area contributed by atoms with Crippen LogP contribution in [0.25, 0.3) is 33.6 Å². The largest absolute Gasteiger partial charge is 0.490 e. The smallest absolute Gasteiger partial charge is 0.291 e. The summed E-state index contributed by atoms with van der Waals surface area (Å²) in [4.78, 5) is 18.1. The van der Waals surface area contributed by atoms with Crippen molar-refractivity contribution in [3.05, 3.63) is 68.5 Å². The molecule has 0 aliphatic carbocycles. The number of hydrogen-bond acceptors (Lipinski definition) is 7. The number of nitrogens with zero attached hydrogens (tertiary/aromatic N) is 3. The molecule has 0 radical (unpaired) electrons. The summed E-state index contributed by atoms with van der Waals surface area (Å²) in [5, 5.41) is 5.45. The number of rotatable bonds is 7. The summed E-state index contributed by atoms with van der Waals surface area (Å²) in [5.41, 5.74) is 2.36. The van der Waals surface area contributed by atoms with E-state index in [1.165, 1.54) is 15.9 Å². The van der Waals surface area contributed by atoms with Gasteiger partial charge in [-0.05, 0) is 50.1 Å². The van der Waals surface area contributed by atoms with Crippen LogP contribution in [0.4, 0.5) is 0 Å². The third-order valence-corrected chi connectivity index (χ3v) is 6.21. The average Bonchev–Trinajstić information content (AvgIpc) is 3.46. The molecule has 7 nitrogen and oxygen atoms in total. The number of thiazole rings is 1. The first kappa shape index (κ1) is 21.2. The van der Waals surface area contributed by atoms with Gasteiger partial charge in [-0.3, -0.25) is 4.79 Å². The van der Waals surface area contributed by atoms with E-state index in [4.69, 9.17) is 13.9 Å². The number of furan rings is 1. The van der Waals surface area contributed by atoms with E-state index in [-0.39, 0.29) is 5.56 Å². The molecular formula is C25H23N3O4S. The second-order valence-corrected chi connectivity index (χ2v) is 8.59. The summed E-state index contributed by atoms with van der Waals surface area (Å²) < 4.78 is 19.3. The first-order valence-corrected chi connectivity index (χ1v) is 11.7. The van der Waals surface area contributed by atoms with E-state index in [1.807, 2.05) is 62.4 Å². The van der Waals surface area contributed by atoms with Crippen LogP contribution in [-0.2, 0) is 0 Å². The lowest BCUT2D eigenvalue weighted by atomic mass is 10.1. The molecule has 8 heteroatoms. The summed E-state index contributed by atoms with van der Waals surface area (Å²) in [7, 11) is 0. The fourth-order valence-corrected chi connectivity index (χ4v) is 4.59. The minimum absolute atomic E-state index is 0.216. The predicted molar refractivity (Wildman–Crippen MR) is 129 cm³/mol. The molecule has 5 rings (SSSR count). The molecule has 0 aliphatic rings. The van der Waals surface area contributed by atoms with Gasteiger partial charge in [-0.25, -0.2) is 0 Å². The van der Waals surface area contributed by atoms with Crippen LogP contribution in [0.5, 0.6) is 11.5 Å².